The van der Waals surface area contributed by atoms with Crippen LogP contribution in [0.3, 0.4) is 0 Å². The number of fused-ring (bicyclic) bond motifs is 1. The molecule has 0 unspecified atom stereocenters. The average molecular weight is 473 g/mol. The van der Waals surface area contributed by atoms with E-state index in [1.54, 1.807) is 17.0 Å². The second-order valence-corrected chi connectivity index (χ2v) is 8.46. The topological polar surface area (TPSA) is 130 Å². The van der Waals surface area contributed by atoms with Gasteiger partial charge in [0.1, 0.15) is 12.1 Å². The maximum Gasteiger partial charge on any atom is 0.311 e. The van der Waals surface area contributed by atoms with Crippen molar-refractivity contribution in [3.05, 3.63) is 41.2 Å². The smallest absolute Gasteiger partial charge is 0.311 e. The van der Waals surface area contributed by atoms with Crippen LogP contribution in [0.15, 0.2) is 34.8 Å². The third-order valence-electron chi connectivity index (χ3n) is 4.40. The lowest BCUT2D eigenvalue weighted by molar-refractivity contribution is -0.142. The molecule has 0 aliphatic heterocycles. The highest BCUT2D eigenvalue weighted by Gasteiger charge is 2.15. The minimum Gasteiger partial charge on any atom is -0.466 e. The lowest BCUT2D eigenvalue weighted by Gasteiger charge is -2.05. The highest BCUT2D eigenvalue weighted by Crippen LogP contribution is 2.20. The number of hydrogen-bond donors (Lipinski definition) is 1. The Bertz CT molecular complexity index is 1250. The number of amides is 1. The Hall–Kier alpha value is -3.32. The van der Waals surface area contributed by atoms with Crippen molar-refractivity contribution in [1.82, 2.24) is 34.7 Å². The van der Waals surface area contributed by atoms with Gasteiger partial charge in [0, 0.05) is 12.4 Å². The van der Waals surface area contributed by atoms with Gasteiger partial charge in [0.05, 0.1) is 30.0 Å². The summed E-state index contributed by atoms with van der Waals surface area (Å²) in [4.78, 5) is 28.1. The molecule has 11 nitrogen and oxygen atoms in total. The molecular formula is C19H20N8O3S2. The number of esters is 1. The first-order valence-electron chi connectivity index (χ1n) is 9.72. The second kappa shape index (κ2) is 9.87. The number of thioether (sulfide) groups is 1. The molecule has 0 bridgehead atoms. The summed E-state index contributed by atoms with van der Waals surface area (Å²) < 4.78 is 8.49. The molecule has 1 aromatic carbocycles. The summed E-state index contributed by atoms with van der Waals surface area (Å²) in [5, 5.41) is 22.2. The summed E-state index contributed by atoms with van der Waals surface area (Å²) in [5.74, 6) is 0.277. The molecule has 0 saturated carbocycles. The number of benzene rings is 1. The van der Waals surface area contributed by atoms with E-state index in [-0.39, 0.29) is 24.1 Å². The number of thiazole rings is 1. The highest BCUT2D eigenvalue weighted by atomic mass is 32.2. The Labute approximate surface area is 191 Å². The first-order valence-corrected chi connectivity index (χ1v) is 11.6. The van der Waals surface area contributed by atoms with Crippen molar-refractivity contribution in [1.29, 1.82) is 0 Å². The molecule has 1 N–H and O–H groups in total. The van der Waals surface area contributed by atoms with Crippen molar-refractivity contribution in [2.45, 2.75) is 25.0 Å². The maximum atomic E-state index is 12.3. The van der Waals surface area contributed by atoms with Gasteiger partial charge >= 0.3 is 5.97 Å². The van der Waals surface area contributed by atoms with E-state index in [1.165, 1.54) is 23.1 Å². The van der Waals surface area contributed by atoms with Gasteiger partial charge < -0.3 is 14.6 Å². The van der Waals surface area contributed by atoms with Crippen LogP contribution in [0.5, 0.6) is 0 Å². The van der Waals surface area contributed by atoms with Crippen molar-refractivity contribution in [3.63, 3.8) is 0 Å². The van der Waals surface area contributed by atoms with Gasteiger partial charge in [0.15, 0.2) is 16.1 Å². The quantitative estimate of drug-likeness (QED) is 0.287. The molecule has 3 heterocycles. The molecule has 13 heteroatoms. The molecule has 1 amide bonds. The molecule has 0 aliphatic rings. The number of carbonyl (C=O) groups is 2. The average Bonchev–Trinajstić information content (AvgIpc) is 3.48. The normalized spacial score (nSPS) is 11.1. The fourth-order valence-corrected chi connectivity index (χ4v) is 4.32. The van der Waals surface area contributed by atoms with Crippen molar-refractivity contribution >= 4 is 51.1 Å². The third-order valence-corrected chi connectivity index (χ3v) is 6.22. The molecule has 32 heavy (non-hydrogen) atoms. The molecular weight excluding hydrogens is 452 g/mol. The van der Waals surface area contributed by atoms with Crippen molar-refractivity contribution in [3.8, 4) is 0 Å². The van der Waals surface area contributed by atoms with Gasteiger partial charge in [-0.3, -0.25) is 9.59 Å². The first kappa shape index (κ1) is 21.9. The van der Waals surface area contributed by atoms with E-state index in [0.29, 0.717) is 35.0 Å². The van der Waals surface area contributed by atoms with Gasteiger partial charge in [0.25, 0.3) is 0 Å². The van der Waals surface area contributed by atoms with Crippen molar-refractivity contribution in [2.75, 3.05) is 17.7 Å². The Morgan fingerprint density at radius 1 is 1.22 bits per heavy atom. The van der Waals surface area contributed by atoms with E-state index < -0.39 is 0 Å². The maximum absolute atomic E-state index is 12.3. The summed E-state index contributed by atoms with van der Waals surface area (Å²) in [6, 6.07) is 7.69. The molecule has 4 aromatic rings. The zero-order valence-electron chi connectivity index (χ0n) is 17.4. The number of aromatic nitrogens is 7. The zero-order chi connectivity index (χ0) is 22.5. The van der Waals surface area contributed by atoms with Crippen molar-refractivity contribution in [2.24, 2.45) is 7.05 Å². The molecule has 0 aliphatic carbocycles. The first-order chi connectivity index (χ1) is 15.5. The Morgan fingerprint density at radius 2 is 2.06 bits per heavy atom. The molecule has 0 atom stereocenters. The number of hydrogen-bond acceptors (Lipinski definition) is 10. The van der Waals surface area contributed by atoms with Gasteiger partial charge in [-0.1, -0.05) is 29.1 Å². The van der Waals surface area contributed by atoms with Crippen LogP contribution < -0.4 is 5.32 Å². The van der Waals surface area contributed by atoms with Crippen LogP contribution in [-0.2, 0) is 34.3 Å². The predicted molar refractivity (Wildman–Crippen MR) is 119 cm³/mol. The number of para-hydroxylation sites is 1. The van der Waals surface area contributed by atoms with Crippen LogP contribution in [0.2, 0.25) is 0 Å². The van der Waals surface area contributed by atoms with E-state index in [4.69, 9.17) is 4.74 Å². The monoisotopic (exact) mass is 472 g/mol. The third kappa shape index (κ3) is 5.11. The van der Waals surface area contributed by atoms with Crippen LogP contribution in [0.25, 0.3) is 11.0 Å². The largest absolute Gasteiger partial charge is 0.466 e. The van der Waals surface area contributed by atoms with Crippen LogP contribution in [0.1, 0.15) is 18.4 Å². The summed E-state index contributed by atoms with van der Waals surface area (Å²) in [6.45, 7) is 2.49. The molecule has 3 aromatic heterocycles. The standard InChI is InChI=1S/C19H20N8O3S2/c1-3-30-17(29)8-12-10-31-18(20-12)21-16(28)11-32-19-24-23-15(26(19)2)9-27-14-7-5-4-6-13(14)22-25-27/h4-7,10H,3,8-9,11H2,1-2H3,(H,20,21,28). The van der Waals surface area contributed by atoms with Crippen LogP contribution in [-0.4, -0.2) is 59.0 Å². The van der Waals surface area contributed by atoms with Crippen molar-refractivity contribution < 1.29 is 14.3 Å². The van der Waals surface area contributed by atoms with E-state index in [1.807, 2.05) is 35.9 Å². The molecule has 4 rings (SSSR count). The molecule has 0 saturated heterocycles. The van der Waals surface area contributed by atoms with Crippen LogP contribution >= 0.6 is 23.1 Å². The number of anilines is 1. The van der Waals surface area contributed by atoms with E-state index >= 15 is 0 Å². The zero-order valence-corrected chi connectivity index (χ0v) is 19.0. The summed E-state index contributed by atoms with van der Waals surface area (Å²) >= 11 is 2.53. The fraction of sp³-hybridized carbons (Fsp3) is 0.316. The van der Waals surface area contributed by atoms with Gasteiger partial charge in [0.2, 0.25) is 5.91 Å². The highest BCUT2D eigenvalue weighted by molar-refractivity contribution is 7.99. The lowest BCUT2D eigenvalue weighted by atomic mass is 10.3. The SMILES string of the molecule is CCOC(=O)Cc1csc(NC(=O)CSc2nnc(Cn3nnc4ccccc43)n2C)n1. The minimum absolute atomic E-state index is 0.0811. The van der Waals surface area contributed by atoms with Gasteiger partial charge in [-0.15, -0.1) is 26.6 Å². The van der Waals surface area contributed by atoms with E-state index in [9.17, 15) is 9.59 Å². The summed E-state index contributed by atoms with van der Waals surface area (Å²) in [7, 11) is 1.84. The van der Waals surface area contributed by atoms with Crippen LogP contribution in [0, 0.1) is 0 Å². The number of carbonyl (C=O) groups excluding carboxylic acids is 2. The summed E-state index contributed by atoms with van der Waals surface area (Å²) in [6.07, 6.45) is 0.0811. The number of nitrogens with one attached hydrogen (secondary N) is 1. The molecule has 0 fully saturated rings. The number of ether oxygens (including phenoxy) is 1. The summed E-state index contributed by atoms with van der Waals surface area (Å²) in [5.41, 5.74) is 2.29. The number of rotatable bonds is 9. The minimum atomic E-state index is -0.344. The Balaban J connectivity index is 1.32. The Morgan fingerprint density at radius 3 is 2.91 bits per heavy atom. The molecule has 0 radical (unpaired) electrons. The number of nitrogens with zero attached hydrogens (tertiary/aromatic N) is 7. The van der Waals surface area contributed by atoms with E-state index in [0.717, 1.165) is 11.0 Å². The van der Waals surface area contributed by atoms with Gasteiger partial charge in [-0.05, 0) is 19.1 Å². The Kier molecular flexibility index (Phi) is 6.75. The van der Waals surface area contributed by atoms with Gasteiger partial charge in [-0.25, -0.2) is 9.67 Å². The predicted octanol–water partition coefficient (Wildman–Crippen LogP) is 1.90. The molecule has 0 spiro atoms. The molecule has 166 valence electrons. The van der Waals surface area contributed by atoms with Crippen LogP contribution in [0.4, 0.5) is 5.13 Å². The van der Waals surface area contributed by atoms with Gasteiger partial charge in [-0.2, -0.15) is 0 Å². The van der Waals surface area contributed by atoms with E-state index in [2.05, 4.69) is 30.8 Å². The lowest BCUT2D eigenvalue weighted by Crippen LogP contribution is -2.15. The fourth-order valence-electron chi connectivity index (χ4n) is 2.87. The second-order valence-electron chi connectivity index (χ2n) is 6.66.